The van der Waals surface area contributed by atoms with Gasteiger partial charge in [-0.3, -0.25) is 0 Å². The van der Waals surface area contributed by atoms with Crippen LogP contribution in [-0.4, -0.2) is 37.1 Å². The Hall–Kier alpha value is -0.0800. The van der Waals surface area contributed by atoms with E-state index in [0.717, 1.165) is 12.6 Å². The molecule has 1 saturated carbocycles. The van der Waals surface area contributed by atoms with Crippen molar-refractivity contribution in [3.63, 3.8) is 0 Å². The zero-order valence-corrected chi connectivity index (χ0v) is 10.1. The fourth-order valence-corrected chi connectivity index (χ4v) is 2.11. The highest BCUT2D eigenvalue weighted by Crippen LogP contribution is 2.23. The fraction of sp³-hybridized carbons (Fsp3) is 1.00. The molecule has 0 saturated heterocycles. The Morgan fingerprint density at radius 1 is 1.43 bits per heavy atom. The largest absolute Gasteiger partial charge is 0.315 e. The summed E-state index contributed by atoms with van der Waals surface area (Å²) >= 11 is 0. The topological polar surface area (TPSA) is 15.3 Å². The molecule has 0 amide bonds. The quantitative estimate of drug-likeness (QED) is 0.675. The highest BCUT2D eigenvalue weighted by molar-refractivity contribution is 4.77. The van der Waals surface area contributed by atoms with Gasteiger partial charge in [0.1, 0.15) is 0 Å². The van der Waals surface area contributed by atoms with Crippen molar-refractivity contribution in [2.75, 3.05) is 20.1 Å². The third kappa shape index (κ3) is 3.97. The number of nitrogens with one attached hydrogen (secondary N) is 1. The molecule has 0 bridgehead atoms. The second-order valence-corrected chi connectivity index (χ2v) is 4.67. The molecular weight excluding hydrogens is 172 g/mol. The van der Waals surface area contributed by atoms with Gasteiger partial charge < -0.3 is 10.2 Å². The highest BCUT2D eigenvalue weighted by atomic mass is 15.1. The van der Waals surface area contributed by atoms with Crippen LogP contribution in [0.15, 0.2) is 0 Å². The van der Waals surface area contributed by atoms with Gasteiger partial charge in [-0.1, -0.05) is 13.3 Å². The molecule has 1 N–H and O–H groups in total. The Labute approximate surface area is 89.1 Å². The minimum absolute atomic E-state index is 0.690. The summed E-state index contributed by atoms with van der Waals surface area (Å²) in [4.78, 5) is 2.54. The minimum atomic E-state index is 0.690. The predicted octanol–water partition coefficient (Wildman–Crippen LogP) is 2.25. The number of rotatable bonds is 7. The molecule has 2 heteroatoms. The maximum Gasteiger partial charge on any atom is 0.00922 e. The maximum atomic E-state index is 3.46. The van der Waals surface area contributed by atoms with Crippen LogP contribution >= 0.6 is 0 Å². The average molecular weight is 198 g/mol. The lowest BCUT2D eigenvalue weighted by Gasteiger charge is -2.34. The van der Waals surface area contributed by atoms with Crippen LogP contribution in [0.1, 0.15) is 46.0 Å². The van der Waals surface area contributed by atoms with E-state index in [0.29, 0.717) is 6.04 Å². The second kappa shape index (κ2) is 6.41. The van der Waals surface area contributed by atoms with Crippen molar-refractivity contribution in [2.45, 2.75) is 58.0 Å². The third-order valence-corrected chi connectivity index (χ3v) is 3.40. The van der Waals surface area contributed by atoms with Crippen molar-refractivity contribution in [3.8, 4) is 0 Å². The Morgan fingerprint density at radius 3 is 2.64 bits per heavy atom. The van der Waals surface area contributed by atoms with Crippen molar-refractivity contribution in [2.24, 2.45) is 0 Å². The lowest BCUT2D eigenvalue weighted by atomic mass is 9.92. The summed E-state index contributed by atoms with van der Waals surface area (Å²) in [5.41, 5.74) is 0. The standard InChI is InChI=1S/C12H26N2/c1-4-13-11(2)7-6-10-14(3)12-8-5-9-12/h11-13H,4-10H2,1-3H3. The van der Waals surface area contributed by atoms with E-state index in [1.807, 2.05) is 0 Å². The van der Waals surface area contributed by atoms with Gasteiger partial charge in [0.2, 0.25) is 0 Å². The van der Waals surface area contributed by atoms with Gasteiger partial charge in [-0.15, -0.1) is 0 Å². The van der Waals surface area contributed by atoms with Gasteiger partial charge in [0.15, 0.2) is 0 Å². The number of hydrogen-bond donors (Lipinski definition) is 1. The molecule has 0 aromatic rings. The number of hydrogen-bond acceptors (Lipinski definition) is 2. The van der Waals surface area contributed by atoms with Gasteiger partial charge in [-0.2, -0.15) is 0 Å². The Morgan fingerprint density at radius 2 is 2.14 bits per heavy atom. The van der Waals surface area contributed by atoms with Crippen molar-refractivity contribution in [1.82, 2.24) is 10.2 Å². The Kier molecular flexibility index (Phi) is 5.49. The van der Waals surface area contributed by atoms with Crippen molar-refractivity contribution in [3.05, 3.63) is 0 Å². The summed E-state index contributed by atoms with van der Waals surface area (Å²) in [6, 6.07) is 1.60. The van der Waals surface area contributed by atoms with Crippen LogP contribution in [-0.2, 0) is 0 Å². The smallest absolute Gasteiger partial charge is 0.00922 e. The van der Waals surface area contributed by atoms with Gasteiger partial charge in [-0.25, -0.2) is 0 Å². The second-order valence-electron chi connectivity index (χ2n) is 4.67. The Bertz CT molecular complexity index is 143. The van der Waals surface area contributed by atoms with E-state index in [1.54, 1.807) is 0 Å². The van der Waals surface area contributed by atoms with Gasteiger partial charge in [0.05, 0.1) is 0 Å². The molecule has 1 aliphatic carbocycles. The SMILES string of the molecule is CCNC(C)CCCN(C)C1CCC1. The lowest BCUT2D eigenvalue weighted by molar-refractivity contribution is 0.156. The molecule has 0 radical (unpaired) electrons. The van der Waals surface area contributed by atoms with Gasteiger partial charge in [0.25, 0.3) is 0 Å². The summed E-state index contributed by atoms with van der Waals surface area (Å²) in [6.45, 7) is 6.84. The minimum Gasteiger partial charge on any atom is -0.315 e. The molecule has 2 nitrogen and oxygen atoms in total. The van der Waals surface area contributed by atoms with Crippen molar-refractivity contribution < 1.29 is 0 Å². The predicted molar refractivity (Wildman–Crippen MR) is 62.6 cm³/mol. The average Bonchev–Trinajstić information content (AvgIpc) is 2.01. The highest BCUT2D eigenvalue weighted by Gasteiger charge is 2.21. The van der Waals surface area contributed by atoms with E-state index in [-0.39, 0.29) is 0 Å². The zero-order valence-electron chi connectivity index (χ0n) is 10.1. The summed E-state index contributed by atoms with van der Waals surface area (Å²) in [5, 5.41) is 3.46. The van der Waals surface area contributed by atoms with Crippen LogP contribution in [0.3, 0.4) is 0 Å². The molecule has 14 heavy (non-hydrogen) atoms. The molecule has 1 rings (SSSR count). The summed E-state index contributed by atoms with van der Waals surface area (Å²) < 4.78 is 0. The molecule has 1 unspecified atom stereocenters. The first-order valence-electron chi connectivity index (χ1n) is 6.17. The molecule has 0 spiro atoms. The van der Waals surface area contributed by atoms with Crippen LogP contribution in [0.5, 0.6) is 0 Å². The molecule has 84 valence electrons. The molecule has 1 aliphatic rings. The van der Waals surface area contributed by atoms with E-state index in [2.05, 4.69) is 31.1 Å². The summed E-state index contributed by atoms with van der Waals surface area (Å²) in [6.07, 6.45) is 6.95. The monoisotopic (exact) mass is 198 g/mol. The van der Waals surface area contributed by atoms with E-state index < -0.39 is 0 Å². The van der Waals surface area contributed by atoms with E-state index >= 15 is 0 Å². The molecule has 0 aliphatic heterocycles. The third-order valence-electron chi connectivity index (χ3n) is 3.40. The normalized spacial score (nSPS) is 19.7. The molecular formula is C12H26N2. The van der Waals surface area contributed by atoms with Gasteiger partial charge in [0, 0.05) is 12.1 Å². The van der Waals surface area contributed by atoms with E-state index in [1.165, 1.54) is 38.6 Å². The fourth-order valence-electron chi connectivity index (χ4n) is 2.11. The number of nitrogens with zero attached hydrogens (tertiary/aromatic N) is 1. The molecule has 0 aromatic carbocycles. The van der Waals surface area contributed by atoms with E-state index in [4.69, 9.17) is 0 Å². The first-order chi connectivity index (χ1) is 6.74. The van der Waals surface area contributed by atoms with Crippen molar-refractivity contribution >= 4 is 0 Å². The molecule has 0 aromatic heterocycles. The molecule has 0 heterocycles. The van der Waals surface area contributed by atoms with Crippen LogP contribution < -0.4 is 5.32 Å². The van der Waals surface area contributed by atoms with Gasteiger partial charge >= 0.3 is 0 Å². The van der Waals surface area contributed by atoms with Crippen LogP contribution in [0.25, 0.3) is 0 Å². The van der Waals surface area contributed by atoms with Crippen LogP contribution in [0, 0.1) is 0 Å². The van der Waals surface area contributed by atoms with E-state index in [9.17, 15) is 0 Å². The van der Waals surface area contributed by atoms with Gasteiger partial charge in [-0.05, 0) is 52.7 Å². The van der Waals surface area contributed by atoms with Crippen LogP contribution in [0.4, 0.5) is 0 Å². The molecule has 1 fully saturated rings. The first kappa shape index (κ1) is 12.0. The molecule has 1 atom stereocenters. The van der Waals surface area contributed by atoms with Crippen LogP contribution in [0.2, 0.25) is 0 Å². The van der Waals surface area contributed by atoms with Crippen molar-refractivity contribution in [1.29, 1.82) is 0 Å². The zero-order chi connectivity index (χ0) is 10.4. The summed E-state index contributed by atoms with van der Waals surface area (Å²) in [5.74, 6) is 0. The Balaban J connectivity index is 1.96. The first-order valence-corrected chi connectivity index (χ1v) is 6.17. The maximum absolute atomic E-state index is 3.46. The lowest BCUT2D eigenvalue weighted by Crippen LogP contribution is -2.38. The summed E-state index contributed by atoms with van der Waals surface area (Å²) in [7, 11) is 2.28.